The minimum Gasteiger partial charge on any atom is -0.444 e. The molecule has 0 aliphatic carbocycles. The van der Waals surface area contributed by atoms with Crippen LogP contribution in [0.3, 0.4) is 0 Å². The largest absolute Gasteiger partial charge is 0.444 e. The van der Waals surface area contributed by atoms with Gasteiger partial charge in [0.15, 0.2) is 0 Å². The smallest absolute Gasteiger partial charge is 0.410 e. The van der Waals surface area contributed by atoms with Gasteiger partial charge >= 0.3 is 6.09 Å². The van der Waals surface area contributed by atoms with Crippen molar-refractivity contribution in [2.75, 3.05) is 20.3 Å². The summed E-state index contributed by atoms with van der Waals surface area (Å²) in [6.45, 7) is 7.16. The van der Waals surface area contributed by atoms with Crippen LogP contribution in [0.25, 0.3) is 0 Å². The van der Waals surface area contributed by atoms with Crippen molar-refractivity contribution in [3.63, 3.8) is 0 Å². The Morgan fingerprint density at radius 3 is 2.53 bits per heavy atom. The fourth-order valence-corrected chi connectivity index (χ4v) is 1.56. The van der Waals surface area contributed by atoms with Gasteiger partial charge in [0.25, 0.3) is 0 Å². The number of hydrogen-bond donors (Lipinski definition) is 0. The van der Waals surface area contributed by atoms with E-state index in [1.807, 2.05) is 20.8 Å². The van der Waals surface area contributed by atoms with Crippen molar-refractivity contribution in [1.29, 1.82) is 0 Å². The lowest BCUT2D eigenvalue weighted by Crippen LogP contribution is -2.53. The molecule has 1 saturated heterocycles. The minimum absolute atomic E-state index is 0.199. The van der Waals surface area contributed by atoms with E-state index in [1.165, 1.54) is 0 Å². The quantitative estimate of drug-likeness (QED) is 0.723. The molecule has 0 aromatic rings. The fraction of sp³-hybridized carbons (Fsp3) is 0.909. The molecule has 0 radical (unpaired) electrons. The van der Waals surface area contributed by atoms with E-state index < -0.39 is 5.60 Å². The molecule has 0 unspecified atom stereocenters. The van der Waals surface area contributed by atoms with Crippen LogP contribution in [-0.2, 0) is 9.47 Å². The van der Waals surface area contributed by atoms with E-state index in [-0.39, 0.29) is 6.09 Å². The second-order valence-corrected chi connectivity index (χ2v) is 4.90. The second kappa shape index (κ2) is 4.84. The molecule has 1 amide bonds. The Hall–Kier alpha value is -0.770. The molecular weight excluding hydrogens is 194 g/mol. The van der Waals surface area contributed by atoms with Crippen LogP contribution >= 0.6 is 0 Å². The average Bonchev–Trinajstić information content (AvgIpc) is 1.98. The van der Waals surface area contributed by atoms with Crippen LogP contribution in [0.15, 0.2) is 0 Å². The van der Waals surface area contributed by atoms with Crippen LogP contribution < -0.4 is 0 Å². The Bertz CT molecular complexity index is 222. The van der Waals surface area contributed by atoms with Gasteiger partial charge in [-0.2, -0.15) is 0 Å². The monoisotopic (exact) mass is 215 g/mol. The molecule has 4 nitrogen and oxygen atoms in total. The highest BCUT2D eigenvalue weighted by molar-refractivity contribution is 5.69. The van der Waals surface area contributed by atoms with Crippen molar-refractivity contribution in [3.8, 4) is 0 Å². The van der Waals surface area contributed by atoms with Gasteiger partial charge in [-0.1, -0.05) is 0 Å². The highest BCUT2D eigenvalue weighted by atomic mass is 16.6. The predicted molar refractivity (Wildman–Crippen MR) is 57.8 cm³/mol. The Balaban J connectivity index is 2.34. The highest BCUT2D eigenvalue weighted by Crippen LogP contribution is 2.23. The molecule has 88 valence electrons. The van der Waals surface area contributed by atoms with Gasteiger partial charge in [-0.3, -0.25) is 0 Å². The lowest BCUT2D eigenvalue weighted by atomic mass is 10.0. The van der Waals surface area contributed by atoms with Gasteiger partial charge in [-0.15, -0.1) is 0 Å². The van der Waals surface area contributed by atoms with Gasteiger partial charge < -0.3 is 14.4 Å². The van der Waals surface area contributed by atoms with E-state index in [0.717, 1.165) is 19.4 Å². The van der Waals surface area contributed by atoms with Crippen LogP contribution in [0.4, 0.5) is 4.79 Å². The maximum absolute atomic E-state index is 11.7. The van der Waals surface area contributed by atoms with E-state index in [9.17, 15) is 4.79 Å². The first kappa shape index (κ1) is 12.3. The standard InChI is InChI=1S/C11H21NO3/c1-11(2,3)15-10(13)12-7-5-9(12)6-8-14-4/h9H,5-8H2,1-4H3/t9-/m1/s1. The van der Waals surface area contributed by atoms with Gasteiger partial charge in [0, 0.05) is 26.3 Å². The molecule has 0 aromatic carbocycles. The summed E-state index contributed by atoms with van der Waals surface area (Å²) in [5, 5.41) is 0. The molecule has 4 heteroatoms. The lowest BCUT2D eigenvalue weighted by molar-refractivity contribution is -0.0107. The first-order valence-electron chi connectivity index (χ1n) is 5.42. The Morgan fingerprint density at radius 1 is 1.47 bits per heavy atom. The van der Waals surface area contributed by atoms with Crippen molar-refractivity contribution in [3.05, 3.63) is 0 Å². The number of carbonyl (C=O) groups excluding carboxylic acids is 1. The molecular formula is C11H21NO3. The van der Waals surface area contributed by atoms with Crippen molar-refractivity contribution >= 4 is 6.09 Å². The van der Waals surface area contributed by atoms with Gasteiger partial charge in [0.05, 0.1) is 0 Å². The molecule has 1 heterocycles. The number of hydrogen-bond acceptors (Lipinski definition) is 3. The number of nitrogens with zero attached hydrogens (tertiary/aromatic N) is 1. The first-order chi connectivity index (χ1) is 6.94. The summed E-state index contributed by atoms with van der Waals surface area (Å²) < 4.78 is 10.3. The summed E-state index contributed by atoms with van der Waals surface area (Å²) >= 11 is 0. The van der Waals surface area contributed by atoms with Crippen LogP contribution in [0.1, 0.15) is 33.6 Å². The van der Waals surface area contributed by atoms with Crippen LogP contribution in [0.5, 0.6) is 0 Å². The number of ether oxygens (including phenoxy) is 2. The van der Waals surface area contributed by atoms with E-state index in [4.69, 9.17) is 9.47 Å². The number of likely N-dealkylation sites (tertiary alicyclic amines) is 1. The van der Waals surface area contributed by atoms with E-state index >= 15 is 0 Å². The van der Waals surface area contributed by atoms with Gasteiger partial charge in [0.2, 0.25) is 0 Å². The molecule has 1 aliphatic heterocycles. The normalized spacial score (nSPS) is 21.1. The number of carbonyl (C=O) groups is 1. The summed E-state index contributed by atoms with van der Waals surface area (Å²) in [4.78, 5) is 13.5. The zero-order chi connectivity index (χ0) is 11.5. The maximum atomic E-state index is 11.7. The number of methoxy groups -OCH3 is 1. The zero-order valence-electron chi connectivity index (χ0n) is 10.1. The molecule has 1 aliphatic rings. The van der Waals surface area contributed by atoms with Crippen LogP contribution in [0.2, 0.25) is 0 Å². The SMILES string of the molecule is COCC[C@H]1CCN1C(=O)OC(C)(C)C. The average molecular weight is 215 g/mol. The molecule has 1 fully saturated rings. The molecule has 1 atom stereocenters. The first-order valence-corrected chi connectivity index (χ1v) is 5.42. The summed E-state index contributed by atoms with van der Waals surface area (Å²) in [6.07, 6.45) is 1.76. The predicted octanol–water partition coefficient (Wildman–Crippen LogP) is 2.03. The van der Waals surface area contributed by atoms with Crippen molar-refractivity contribution in [2.24, 2.45) is 0 Å². The van der Waals surface area contributed by atoms with E-state index in [2.05, 4.69) is 0 Å². The summed E-state index contributed by atoms with van der Waals surface area (Å²) in [5.74, 6) is 0. The van der Waals surface area contributed by atoms with Crippen molar-refractivity contribution in [2.45, 2.75) is 45.3 Å². The molecule has 1 rings (SSSR count). The van der Waals surface area contributed by atoms with Gasteiger partial charge in [0.1, 0.15) is 5.60 Å². The number of amides is 1. The summed E-state index contributed by atoms with van der Waals surface area (Å²) in [7, 11) is 1.68. The molecule has 0 bridgehead atoms. The Morgan fingerprint density at radius 2 is 2.13 bits per heavy atom. The zero-order valence-corrected chi connectivity index (χ0v) is 10.1. The maximum Gasteiger partial charge on any atom is 0.410 e. The summed E-state index contributed by atoms with van der Waals surface area (Å²) in [6, 6.07) is 0.305. The van der Waals surface area contributed by atoms with Crippen molar-refractivity contribution < 1.29 is 14.3 Å². The molecule has 15 heavy (non-hydrogen) atoms. The van der Waals surface area contributed by atoms with Crippen molar-refractivity contribution in [1.82, 2.24) is 4.90 Å². The van der Waals surface area contributed by atoms with Gasteiger partial charge in [-0.05, 0) is 33.6 Å². The topological polar surface area (TPSA) is 38.8 Å². The van der Waals surface area contributed by atoms with Crippen LogP contribution in [-0.4, -0.2) is 42.9 Å². The molecule has 0 saturated carbocycles. The van der Waals surface area contributed by atoms with Crippen LogP contribution in [0, 0.1) is 0 Å². The fourth-order valence-electron chi connectivity index (χ4n) is 1.56. The Kier molecular flexibility index (Phi) is 3.97. The third-order valence-electron chi connectivity index (χ3n) is 2.43. The van der Waals surface area contributed by atoms with Gasteiger partial charge in [-0.25, -0.2) is 4.79 Å². The summed E-state index contributed by atoms with van der Waals surface area (Å²) in [5.41, 5.74) is -0.404. The molecule has 0 N–H and O–H groups in total. The molecule has 0 aromatic heterocycles. The van der Waals surface area contributed by atoms with E-state index in [0.29, 0.717) is 12.6 Å². The lowest BCUT2D eigenvalue weighted by Gasteiger charge is -2.41. The second-order valence-electron chi connectivity index (χ2n) is 4.90. The third-order valence-corrected chi connectivity index (χ3v) is 2.43. The Labute approximate surface area is 91.5 Å². The number of rotatable bonds is 3. The molecule has 0 spiro atoms. The van der Waals surface area contributed by atoms with E-state index in [1.54, 1.807) is 12.0 Å². The third kappa shape index (κ3) is 3.70. The minimum atomic E-state index is -0.404. The highest BCUT2D eigenvalue weighted by Gasteiger charge is 2.34.